The Hall–Kier alpha value is -0.260. The van der Waals surface area contributed by atoms with Crippen LogP contribution in [0.4, 0.5) is 0 Å². The molecule has 10 atom stereocenters. The summed E-state index contributed by atoms with van der Waals surface area (Å²) in [7, 11) is 0. The van der Waals surface area contributed by atoms with Crippen molar-refractivity contribution in [2.45, 2.75) is 52.4 Å². The number of rotatable bonds is 2. The van der Waals surface area contributed by atoms with Gasteiger partial charge in [0, 0.05) is 0 Å². The molecule has 0 heteroatoms. The van der Waals surface area contributed by atoms with E-state index in [0.29, 0.717) is 0 Å². The first-order valence-corrected chi connectivity index (χ1v) is 9.88. The minimum atomic E-state index is 0.768. The van der Waals surface area contributed by atoms with Gasteiger partial charge in [0.15, 0.2) is 0 Å². The summed E-state index contributed by atoms with van der Waals surface area (Å²) < 4.78 is 0. The maximum Gasteiger partial charge on any atom is -0.0164 e. The van der Waals surface area contributed by atoms with E-state index in [0.717, 1.165) is 52.8 Å². The van der Waals surface area contributed by atoms with Crippen LogP contribution in [0.25, 0.3) is 0 Å². The molecule has 5 saturated carbocycles. The molecule has 6 bridgehead atoms. The zero-order chi connectivity index (χ0) is 13.9. The lowest BCUT2D eigenvalue weighted by Gasteiger charge is -2.53. The van der Waals surface area contributed by atoms with Gasteiger partial charge in [-0.3, -0.25) is 0 Å². The quantitative estimate of drug-likeness (QED) is 0.485. The molecule has 0 aromatic rings. The Morgan fingerprint density at radius 1 is 1.00 bits per heavy atom. The highest BCUT2D eigenvalue weighted by Crippen LogP contribution is 2.81. The molecular weight excluding hydrogens is 252 g/mol. The van der Waals surface area contributed by atoms with E-state index in [1.165, 1.54) is 11.8 Å². The summed E-state index contributed by atoms with van der Waals surface area (Å²) >= 11 is 0. The monoisotopic (exact) mass is 282 g/mol. The molecule has 6 rings (SSSR count). The smallest absolute Gasteiger partial charge is 0.0164 e. The van der Waals surface area contributed by atoms with Crippen molar-refractivity contribution in [2.75, 3.05) is 0 Å². The fraction of sp³-hybridized carbons (Fsp3) is 0.905. The fourth-order valence-electron chi connectivity index (χ4n) is 9.61. The third-order valence-electron chi connectivity index (χ3n) is 9.33. The van der Waals surface area contributed by atoms with Crippen LogP contribution in [-0.2, 0) is 0 Å². The number of fused-ring (bicyclic) bond motifs is 16. The van der Waals surface area contributed by atoms with Crippen LogP contribution in [0.3, 0.4) is 0 Å². The first-order chi connectivity index (χ1) is 10.2. The molecule has 0 aromatic heterocycles. The molecule has 0 amide bonds. The van der Waals surface area contributed by atoms with Crippen LogP contribution >= 0.6 is 0 Å². The van der Waals surface area contributed by atoms with E-state index in [2.05, 4.69) is 26.0 Å². The molecule has 0 saturated heterocycles. The molecule has 114 valence electrons. The SMILES string of the molecule is CC(C)CC12C3C=CC(C3)C1C1CC2C2C3CCC(C3)C12. The number of hydrogen-bond acceptors (Lipinski definition) is 0. The third-order valence-corrected chi connectivity index (χ3v) is 9.33. The van der Waals surface area contributed by atoms with Gasteiger partial charge in [-0.05, 0) is 103 Å². The Kier molecular flexibility index (Phi) is 2.10. The van der Waals surface area contributed by atoms with Crippen LogP contribution in [0, 0.1) is 64.6 Å². The second kappa shape index (κ2) is 3.62. The Morgan fingerprint density at radius 3 is 2.62 bits per heavy atom. The third kappa shape index (κ3) is 1.17. The molecule has 0 spiro atoms. The maximum absolute atomic E-state index is 2.67. The first kappa shape index (κ1) is 12.2. The second-order valence-electron chi connectivity index (χ2n) is 10.1. The molecule has 0 N–H and O–H groups in total. The van der Waals surface area contributed by atoms with Gasteiger partial charge in [-0.2, -0.15) is 0 Å². The largest absolute Gasteiger partial charge is 0.0848 e. The summed E-state index contributed by atoms with van der Waals surface area (Å²) in [5.41, 5.74) is 0.768. The summed E-state index contributed by atoms with van der Waals surface area (Å²) in [4.78, 5) is 0. The molecule has 5 fully saturated rings. The van der Waals surface area contributed by atoms with E-state index >= 15 is 0 Å². The molecule has 6 aliphatic carbocycles. The highest BCUT2D eigenvalue weighted by atomic mass is 14.8. The molecule has 10 unspecified atom stereocenters. The van der Waals surface area contributed by atoms with Crippen molar-refractivity contribution in [3.63, 3.8) is 0 Å². The average Bonchev–Trinajstić information content (AvgIpc) is 3.23. The molecule has 0 radical (unpaired) electrons. The lowest BCUT2D eigenvalue weighted by molar-refractivity contribution is -0.0420. The average molecular weight is 282 g/mol. The Balaban J connectivity index is 1.49. The van der Waals surface area contributed by atoms with Gasteiger partial charge in [-0.25, -0.2) is 0 Å². The topological polar surface area (TPSA) is 0 Å². The minimum absolute atomic E-state index is 0.768. The fourth-order valence-corrected chi connectivity index (χ4v) is 9.61. The van der Waals surface area contributed by atoms with Crippen molar-refractivity contribution < 1.29 is 0 Å². The van der Waals surface area contributed by atoms with Gasteiger partial charge in [0.2, 0.25) is 0 Å². The van der Waals surface area contributed by atoms with Crippen molar-refractivity contribution >= 4 is 0 Å². The highest BCUT2D eigenvalue weighted by Gasteiger charge is 2.75. The van der Waals surface area contributed by atoms with Crippen molar-refractivity contribution in [2.24, 2.45) is 64.6 Å². The number of hydrogen-bond donors (Lipinski definition) is 0. The first-order valence-electron chi connectivity index (χ1n) is 9.88. The van der Waals surface area contributed by atoms with Crippen LogP contribution in [0.1, 0.15) is 52.4 Å². The van der Waals surface area contributed by atoms with Gasteiger partial charge >= 0.3 is 0 Å². The van der Waals surface area contributed by atoms with E-state index in [1.54, 1.807) is 38.5 Å². The molecule has 0 aromatic carbocycles. The summed E-state index contributed by atoms with van der Waals surface area (Å²) in [6.07, 6.45) is 14.9. The van der Waals surface area contributed by atoms with Gasteiger partial charge in [0.25, 0.3) is 0 Å². The lowest BCUT2D eigenvalue weighted by atomic mass is 9.51. The lowest BCUT2D eigenvalue weighted by Crippen LogP contribution is -2.48. The summed E-state index contributed by atoms with van der Waals surface area (Å²) in [6, 6.07) is 0. The van der Waals surface area contributed by atoms with E-state index in [-0.39, 0.29) is 0 Å². The predicted octanol–water partition coefficient (Wildman–Crippen LogP) is 5.15. The van der Waals surface area contributed by atoms with E-state index in [9.17, 15) is 0 Å². The van der Waals surface area contributed by atoms with E-state index in [1.807, 2.05) is 0 Å². The zero-order valence-electron chi connectivity index (χ0n) is 13.7. The Bertz CT molecular complexity index is 516. The highest BCUT2D eigenvalue weighted by molar-refractivity contribution is 5.29. The van der Waals surface area contributed by atoms with Crippen LogP contribution in [0.5, 0.6) is 0 Å². The van der Waals surface area contributed by atoms with Crippen molar-refractivity contribution in [3.05, 3.63) is 12.2 Å². The van der Waals surface area contributed by atoms with Gasteiger partial charge in [-0.15, -0.1) is 0 Å². The molecule has 21 heavy (non-hydrogen) atoms. The van der Waals surface area contributed by atoms with Crippen molar-refractivity contribution in [3.8, 4) is 0 Å². The van der Waals surface area contributed by atoms with Crippen molar-refractivity contribution in [1.82, 2.24) is 0 Å². The van der Waals surface area contributed by atoms with E-state index < -0.39 is 0 Å². The van der Waals surface area contributed by atoms with Gasteiger partial charge in [0.05, 0.1) is 0 Å². The summed E-state index contributed by atoms with van der Waals surface area (Å²) in [5, 5.41) is 0. The van der Waals surface area contributed by atoms with Crippen molar-refractivity contribution in [1.29, 1.82) is 0 Å². The standard InChI is InChI=1S/C21H30/c1-11(2)10-21-15-6-5-14(8-15)20(21)16-9-17(21)19-13-4-3-12(7-13)18(16)19/h5-6,11-20H,3-4,7-10H2,1-2H3. The predicted molar refractivity (Wildman–Crippen MR) is 85.5 cm³/mol. The van der Waals surface area contributed by atoms with Gasteiger partial charge < -0.3 is 0 Å². The Labute approximate surface area is 129 Å². The number of allylic oxidation sites excluding steroid dienone is 2. The normalized spacial score (nSPS) is 64.8. The molecule has 6 aliphatic rings. The molecule has 0 heterocycles. The molecule has 0 nitrogen and oxygen atoms in total. The molecular formula is C21H30. The van der Waals surface area contributed by atoms with Crippen LogP contribution < -0.4 is 0 Å². The van der Waals surface area contributed by atoms with E-state index in [4.69, 9.17) is 0 Å². The second-order valence-corrected chi connectivity index (χ2v) is 10.1. The maximum atomic E-state index is 2.67. The summed E-state index contributed by atoms with van der Waals surface area (Å²) in [5.74, 6) is 10.9. The molecule has 0 aliphatic heterocycles. The van der Waals surface area contributed by atoms with Crippen LogP contribution in [0.2, 0.25) is 0 Å². The zero-order valence-corrected chi connectivity index (χ0v) is 13.7. The van der Waals surface area contributed by atoms with Gasteiger partial charge in [-0.1, -0.05) is 26.0 Å². The van der Waals surface area contributed by atoms with Gasteiger partial charge in [0.1, 0.15) is 0 Å². The van der Waals surface area contributed by atoms with Crippen LogP contribution in [0.15, 0.2) is 12.2 Å². The van der Waals surface area contributed by atoms with Crippen LogP contribution in [-0.4, -0.2) is 0 Å². The Morgan fingerprint density at radius 2 is 1.81 bits per heavy atom. The summed E-state index contributed by atoms with van der Waals surface area (Å²) in [6.45, 7) is 4.98. The minimum Gasteiger partial charge on any atom is -0.0848 e.